The van der Waals surface area contributed by atoms with E-state index in [9.17, 15) is 14.4 Å². The molecule has 2 aliphatic rings. The van der Waals surface area contributed by atoms with Crippen molar-refractivity contribution in [2.75, 3.05) is 19.6 Å². The van der Waals surface area contributed by atoms with Gasteiger partial charge in [0.15, 0.2) is 0 Å². The third-order valence-corrected chi connectivity index (χ3v) is 6.86. The number of likely N-dealkylation sites (tertiary alicyclic amines) is 1. The maximum atomic E-state index is 13.2. The number of carbonyl (C=O) groups excluding carboxylic acids is 3. The van der Waals surface area contributed by atoms with Gasteiger partial charge in [-0.3, -0.25) is 14.5 Å². The van der Waals surface area contributed by atoms with Crippen molar-refractivity contribution in [3.8, 4) is 0 Å². The highest BCUT2D eigenvalue weighted by Gasteiger charge is 2.57. The zero-order chi connectivity index (χ0) is 20.6. The Hall–Kier alpha value is -2.74. The van der Waals surface area contributed by atoms with Gasteiger partial charge in [0.2, 0.25) is 0 Å². The van der Waals surface area contributed by atoms with Crippen LogP contribution >= 0.6 is 11.3 Å². The smallest absolute Gasteiger partial charge is 0.327 e. The van der Waals surface area contributed by atoms with Crippen LogP contribution in [-0.4, -0.2) is 62.7 Å². The van der Waals surface area contributed by atoms with Gasteiger partial charge in [-0.25, -0.2) is 9.78 Å². The lowest BCUT2D eigenvalue weighted by Gasteiger charge is -2.42. The maximum absolute atomic E-state index is 13.2. The molecular weight excluding hydrogens is 388 g/mol. The molecule has 0 aliphatic carbocycles. The topological polar surface area (TPSA) is 73.8 Å². The second-order valence-corrected chi connectivity index (χ2v) is 8.35. The fourth-order valence-corrected chi connectivity index (χ4v) is 5.03. The van der Waals surface area contributed by atoms with Crippen LogP contribution < -0.4 is 0 Å². The molecule has 152 valence electrons. The average Bonchev–Trinajstić information content (AvgIpc) is 3.25. The first-order valence-corrected chi connectivity index (χ1v) is 10.7. The fraction of sp³-hybridized carbons (Fsp3) is 0.429. The molecule has 2 fully saturated rings. The Morgan fingerprint density at radius 2 is 1.86 bits per heavy atom. The summed E-state index contributed by atoms with van der Waals surface area (Å²) >= 11 is 1.34. The van der Waals surface area contributed by atoms with E-state index in [2.05, 4.69) is 4.98 Å². The molecule has 2 aliphatic heterocycles. The first-order chi connectivity index (χ1) is 14.0. The van der Waals surface area contributed by atoms with Gasteiger partial charge in [0.25, 0.3) is 11.8 Å². The van der Waals surface area contributed by atoms with Crippen molar-refractivity contribution in [2.24, 2.45) is 0 Å². The number of likely N-dealkylation sites (N-methyl/N-ethyl adjacent to an activating group) is 1. The standard InChI is InChI=1S/C21H24N4O3S/c1-3-24-19(27)21(25(20(24)28)13-16-7-5-4-6-8-16)9-11-23(12-10-21)18(26)17-15(2)22-14-29-17/h4-8,14H,3,9-13H2,1-2H3. The van der Waals surface area contributed by atoms with Gasteiger partial charge in [0, 0.05) is 26.2 Å². The number of benzene rings is 1. The normalized spacial score (nSPS) is 18.8. The van der Waals surface area contributed by atoms with Crippen molar-refractivity contribution in [1.82, 2.24) is 19.7 Å². The summed E-state index contributed by atoms with van der Waals surface area (Å²) in [6, 6.07) is 9.48. The molecule has 4 rings (SSSR count). The van der Waals surface area contributed by atoms with Crippen LogP contribution in [0.4, 0.5) is 4.79 Å². The van der Waals surface area contributed by atoms with Gasteiger partial charge in [0.1, 0.15) is 10.4 Å². The predicted octanol–water partition coefficient (Wildman–Crippen LogP) is 2.91. The summed E-state index contributed by atoms with van der Waals surface area (Å²) in [6.45, 7) is 5.28. The molecule has 2 aromatic rings. The van der Waals surface area contributed by atoms with Gasteiger partial charge in [-0.1, -0.05) is 30.3 Å². The van der Waals surface area contributed by atoms with Crippen LogP contribution in [0.1, 0.15) is 40.7 Å². The quantitative estimate of drug-likeness (QED) is 0.724. The number of imide groups is 1. The highest BCUT2D eigenvalue weighted by atomic mass is 32.1. The largest absolute Gasteiger partial charge is 0.338 e. The van der Waals surface area contributed by atoms with Crippen LogP contribution in [0.3, 0.4) is 0 Å². The fourth-order valence-electron chi connectivity index (χ4n) is 4.26. The third kappa shape index (κ3) is 3.21. The molecule has 4 amide bonds. The van der Waals surface area contributed by atoms with Gasteiger partial charge >= 0.3 is 6.03 Å². The number of aryl methyl sites for hydroxylation is 1. The molecule has 0 bridgehead atoms. The van der Waals surface area contributed by atoms with Crippen LogP contribution in [0.25, 0.3) is 0 Å². The monoisotopic (exact) mass is 412 g/mol. The van der Waals surface area contributed by atoms with Crippen molar-refractivity contribution in [3.05, 3.63) is 52.0 Å². The van der Waals surface area contributed by atoms with E-state index >= 15 is 0 Å². The van der Waals surface area contributed by atoms with Crippen LogP contribution in [-0.2, 0) is 11.3 Å². The minimum atomic E-state index is -0.873. The number of aromatic nitrogens is 1. The summed E-state index contributed by atoms with van der Waals surface area (Å²) in [7, 11) is 0. The summed E-state index contributed by atoms with van der Waals surface area (Å²) in [5.74, 6) is -0.180. The van der Waals surface area contributed by atoms with E-state index < -0.39 is 5.54 Å². The first kappa shape index (κ1) is 19.6. The Morgan fingerprint density at radius 3 is 2.45 bits per heavy atom. The van der Waals surface area contributed by atoms with Crippen LogP contribution in [0.5, 0.6) is 0 Å². The van der Waals surface area contributed by atoms with Crippen molar-refractivity contribution in [1.29, 1.82) is 0 Å². The second kappa shape index (κ2) is 7.59. The lowest BCUT2D eigenvalue weighted by atomic mass is 9.85. The van der Waals surface area contributed by atoms with Crippen LogP contribution in [0.2, 0.25) is 0 Å². The maximum Gasteiger partial charge on any atom is 0.327 e. The average molecular weight is 413 g/mol. The minimum absolute atomic E-state index is 0.0430. The van der Waals surface area contributed by atoms with E-state index in [1.54, 1.807) is 15.3 Å². The number of piperidine rings is 1. The molecule has 0 radical (unpaired) electrons. The highest BCUT2D eigenvalue weighted by molar-refractivity contribution is 7.11. The molecule has 2 saturated heterocycles. The lowest BCUT2D eigenvalue weighted by molar-refractivity contribution is -0.135. The first-order valence-electron chi connectivity index (χ1n) is 9.85. The number of hydrogen-bond donors (Lipinski definition) is 0. The minimum Gasteiger partial charge on any atom is -0.338 e. The Balaban J connectivity index is 1.57. The van der Waals surface area contributed by atoms with E-state index in [4.69, 9.17) is 0 Å². The number of thiazole rings is 1. The zero-order valence-electron chi connectivity index (χ0n) is 16.6. The number of hydrogen-bond acceptors (Lipinski definition) is 5. The van der Waals surface area contributed by atoms with Crippen molar-refractivity contribution >= 4 is 29.2 Å². The van der Waals surface area contributed by atoms with Gasteiger partial charge in [0.05, 0.1) is 11.2 Å². The summed E-state index contributed by atoms with van der Waals surface area (Å²) in [5.41, 5.74) is 2.52. The van der Waals surface area contributed by atoms with E-state index in [0.29, 0.717) is 43.9 Å². The molecule has 29 heavy (non-hydrogen) atoms. The molecule has 0 N–H and O–H groups in total. The van der Waals surface area contributed by atoms with Crippen LogP contribution in [0.15, 0.2) is 35.8 Å². The molecule has 0 saturated carbocycles. The Bertz CT molecular complexity index is 934. The summed E-state index contributed by atoms with van der Waals surface area (Å²) in [5, 5.41) is 0. The molecular formula is C21H24N4O3S. The van der Waals surface area contributed by atoms with Crippen molar-refractivity contribution in [3.63, 3.8) is 0 Å². The molecule has 8 heteroatoms. The SMILES string of the molecule is CCN1C(=O)N(Cc2ccccc2)C2(CCN(C(=O)c3scnc3C)CC2)C1=O. The number of amides is 4. The second-order valence-electron chi connectivity index (χ2n) is 7.49. The highest BCUT2D eigenvalue weighted by Crippen LogP contribution is 2.38. The number of urea groups is 1. The van der Waals surface area contributed by atoms with Gasteiger partial charge in [-0.15, -0.1) is 11.3 Å². The van der Waals surface area contributed by atoms with Gasteiger partial charge in [-0.2, -0.15) is 0 Å². The van der Waals surface area contributed by atoms with Crippen molar-refractivity contribution in [2.45, 2.75) is 38.8 Å². The molecule has 0 unspecified atom stereocenters. The zero-order valence-corrected chi connectivity index (χ0v) is 17.4. The predicted molar refractivity (Wildman–Crippen MR) is 109 cm³/mol. The van der Waals surface area contributed by atoms with Gasteiger partial charge < -0.3 is 9.80 Å². The number of nitrogens with zero attached hydrogens (tertiary/aromatic N) is 4. The molecule has 1 spiro atoms. The Labute approximate surface area is 173 Å². The number of carbonyl (C=O) groups is 3. The van der Waals surface area contributed by atoms with Crippen LogP contribution in [0, 0.1) is 6.92 Å². The third-order valence-electron chi connectivity index (χ3n) is 5.94. The van der Waals surface area contributed by atoms with E-state index in [1.807, 2.05) is 44.2 Å². The summed E-state index contributed by atoms with van der Waals surface area (Å²) in [4.78, 5) is 48.7. The van der Waals surface area contributed by atoms with E-state index in [1.165, 1.54) is 16.2 Å². The Morgan fingerprint density at radius 1 is 1.17 bits per heavy atom. The molecule has 3 heterocycles. The van der Waals surface area contributed by atoms with Crippen molar-refractivity contribution < 1.29 is 14.4 Å². The molecule has 1 aromatic heterocycles. The number of rotatable bonds is 4. The summed E-state index contributed by atoms with van der Waals surface area (Å²) < 4.78 is 0. The molecule has 1 aromatic carbocycles. The molecule has 7 nitrogen and oxygen atoms in total. The lowest BCUT2D eigenvalue weighted by Crippen LogP contribution is -2.57. The van der Waals surface area contributed by atoms with E-state index in [-0.39, 0.29) is 17.8 Å². The Kier molecular flexibility index (Phi) is 5.12. The van der Waals surface area contributed by atoms with E-state index in [0.717, 1.165) is 11.3 Å². The molecule has 0 atom stereocenters. The summed E-state index contributed by atoms with van der Waals surface area (Å²) in [6.07, 6.45) is 0.898. The van der Waals surface area contributed by atoms with Gasteiger partial charge in [-0.05, 0) is 32.3 Å².